The molecule has 1 saturated heterocycles. The van der Waals surface area contributed by atoms with Crippen molar-refractivity contribution in [2.45, 2.75) is 51.7 Å². The Kier molecular flexibility index (Phi) is 6.08. The van der Waals surface area contributed by atoms with Gasteiger partial charge in [-0.05, 0) is 41.7 Å². The second-order valence-electron chi connectivity index (χ2n) is 9.95. The summed E-state index contributed by atoms with van der Waals surface area (Å²) >= 11 is 0. The maximum absolute atomic E-state index is 13.7. The number of nitrogens with one attached hydrogen (secondary N) is 1. The van der Waals surface area contributed by atoms with Crippen molar-refractivity contribution in [2.75, 3.05) is 19.7 Å². The quantitative estimate of drug-likeness (QED) is 0.769. The molecule has 0 radical (unpaired) electrons. The highest BCUT2D eigenvalue weighted by Crippen LogP contribution is 2.30. The molecule has 2 aromatic carbocycles. The van der Waals surface area contributed by atoms with Gasteiger partial charge < -0.3 is 15.0 Å². The molecule has 5 nitrogen and oxygen atoms in total. The van der Waals surface area contributed by atoms with Crippen LogP contribution in [0.1, 0.15) is 39.2 Å². The molecular formula is C26H31FN2O3. The Labute approximate surface area is 188 Å². The molecule has 1 atom stereocenters. The molecule has 1 heterocycles. The van der Waals surface area contributed by atoms with Crippen molar-refractivity contribution in [3.8, 4) is 11.1 Å². The summed E-state index contributed by atoms with van der Waals surface area (Å²) < 4.78 is 19.9. The average Bonchev–Trinajstić information content (AvgIpc) is 3.57. The van der Waals surface area contributed by atoms with Gasteiger partial charge in [-0.2, -0.15) is 0 Å². The summed E-state index contributed by atoms with van der Waals surface area (Å²) in [6.45, 7) is 6.66. The van der Waals surface area contributed by atoms with Crippen LogP contribution < -0.4 is 5.32 Å². The highest BCUT2D eigenvalue weighted by Gasteiger charge is 2.47. The first-order chi connectivity index (χ1) is 15.2. The van der Waals surface area contributed by atoms with Crippen molar-refractivity contribution in [3.63, 3.8) is 0 Å². The third-order valence-electron chi connectivity index (χ3n) is 6.02. The van der Waals surface area contributed by atoms with E-state index in [0.717, 1.165) is 29.5 Å². The van der Waals surface area contributed by atoms with Crippen molar-refractivity contribution in [1.29, 1.82) is 0 Å². The number of carbonyl (C=O) groups excluding carboxylic acids is 2. The molecule has 2 fully saturated rings. The molecule has 0 unspecified atom stereocenters. The van der Waals surface area contributed by atoms with Crippen LogP contribution in [0.25, 0.3) is 11.1 Å². The zero-order valence-electron chi connectivity index (χ0n) is 19.0. The Bertz CT molecular complexity index is 1010. The van der Waals surface area contributed by atoms with Crippen LogP contribution in [0.5, 0.6) is 0 Å². The van der Waals surface area contributed by atoms with Crippen molar-refractivity contribution in [1.82, 2.24) is 10.2 Å². The lowest BCUT2D eigenvalue weighted by Crippen LogP contribution is -2.63. The highest BCUT2D eigenvalue weighted by atomic mass is 19.1. The molecule has 0 bridgehead atoms. The van der Waals surface area contributed by atoms with Crippen LogP contribution in [0.15, 0.2) is 48.5 Å². The van der Waals surface area contributed by atoms with Crippen molar-refractivity contribution >= 4 is 11.8 Å². The summed E-state index contributed by atoms with van der Waals surface area (Å²) in [6.07, 6.45) is 2.28. The molecule has 1 saturated carbocycles. The first kappa shape index (κ1) is 22.5. The third kappa shape index (κ3) is 5.01. The normalized spacial score (nSPS) is 21.3. The second-order valence-corrected chi connectivity index (χ2v) is 9.95. The largest absolute Gasteiger partial charge is 0.361 e. The number of amides is 2. The number of morpholine rings is 1. The van der Waals surface area contributed by atoms with Crippen LogP contribution in [0, 0.1) is 11.2 Å². The molecule has 4 rings (SSSR count). The van der Waals surface area contributed by atoms with Crippen LogP contribution in [0.2, 0.25) is 0 Å². The number of nitrogens with zero attached hydrogens (tertiary/aromatic N) is 1. The minimum absolute atomic E-state index is 0.0120. The number of halogens is 1. The first-order valence-electron chi connectivity index (χ1n) is 11.3. The molecule has 32 heavy (non-hydrogen) atoms. The monoisotopic (exact) mass is 438 g/mol. The summed E-state index contributed by atoms with van der Waals surface area (Å²) in [5.74, 6) is -0.444. The topological polar surface area (TPSA) is 58.6 Å². The Balaban J connectivity index is 1.63. The van der Waals surface area contributed by atoms with E-state index in [1.54, 1.807) is 11.0 Å². The predicted octanol–water partition coefficient (Wildman–Crippen LogP) is 3.96. The van der Waals surface area contributed by atoms with E-state index in [1.807, 2.05) is 51.1 Å². The summed E-state index contributed by atoms with van der Waals surface area (Å²) in [4.78, 5) is 28.1. The van der Waals surface area contributed by atoms with E-state index < -0.39 is 11.0 Å². The molecular weight excluding hydrogens is 407 g/mol. The molecule has 170 valence electrons. The number of benzene rings is 2. The molecule has 6 heteroatoms. The van der Waals surface area contributed by atoms with Crippen LogP contribution in [-0.4, -0.2) is 48.1 Å². The van der Waals surface area contributed by atoms with E-state index in [1.165, 1.54) is 12.1 Å². The van der Waals surface area contributed by atoms with Crippen LogP contribution >= 0.6 is 0 Å². The van der Waals surface area contributed by atoms with Gasteiger partial charge in [-0.3, -0.25) is 9.59 Å². The van der Waals surface area contributed by atoms with Crippen LogP contribution in [0.3, 0.4) is 0 Å². The summed E-state index contributed by atoms with van der Waals surface area (Å²) in [5, 5.41) is 3.09. The van der Waals surface area contributed by atoms with Gasteiger partial charge in [0.05, 0.1) is 13.2 Å². The van der Waals surface area contributed by atoms with E-state index in [4.69, 9.17) is 4.74 Å². The fourth-order valence-electron chi connectivity index (χ4n) is 4.16. The van der Waals surface area contributed by atoms with E-state index in [-0.39, 0.29) is 30.2 Å². The molecule has 0 aromatic heterocycles. The van der Waals surface area contributed by atoms with E-state index in [2.05, 4.69) is 5.32 Å². The number of hydrogen-bond donors (Lipinski definition) is 1. The molecule has 1 N–H and O–H groups in total. The lowest BCUT2D eigenvalue weighted by molar-refractivity contribution is -0.169. The summed E-state index contributed by atoms with van der Waals surface area (Å²) in [6, 6.07) is 14.4. The third-order valence-corrected chi connectivity index (χ3v) is 6.02. The molecule has 2 amide bonds. The number of hydrogen-bond acceptors (Lipinski definition) is 3. The van der Waals surface area contributed by atoms with Crippen LogP contribution in [0.4, 0.5) is 4.39 Å². The van der Waals surface area contributed by atoms with Gasteiger partial charge in [0, 0.05) is 24.4 Å². The average molecular weight is 439 g/mol. The lowest BCUT2D eigenvalue weighted by Gasteiger charge is -2.43. The molecule has 1 aliphatic carbocycles. The van der Waals surface area contributed by atoms with Crippen molar-refractivity contribution in [3.05, 3.63) is 59.9 Å². The van der Waals surface area contributed by atoms with E-state index >= 15 is 0 Å². The summed E-state index contributed by atoms with van der Waals surface area (Å²) in [7, 11) is 0. The minimum Gasteiger partial charge on any atom is -0.361 e. The first-order valence-corrected chi connectivity index (χ1v) is 11.3. The molecule has 1 aliphatic heterocycles. The smallest absolute Gasteiger partial charge is 0.254 e. The Morgan fingerprint density at radius 1 is 1.12 bits per heavy atom. The van der Waals surface area contributed by atoms with E-state index in [0.29, 0.717) is 19.6 Å². The molecule has 0 spiro atoms. The van der Waals surface area contributed by atoms with Gasteiger partial charge in [0.2, 0.25) is 5.91 Å². The van der Waals surface area contributed by atoms with Gasteiger partial charge in [0.15, 0.2) is 5.60 Å². The Morgan fingerprint density at radius 2 is 1.81 bits per heavy atom. The van der Waals surface area contributed by atoms with Crippen LogP contribution in [-0.2, 0) is 20.7 Å². The van der Waals surface area contributed by atoms with Gasteiger partial charge in [-0.1, -0.05) is 57.2 Å². The zero-order valence-corrected chi connectivity index (χ0v) is 19.0. The van der Waals surface area contributed by atoms with Crippen molar-refractivity contribution < 1.29 is 18.7 Å². The van der Waals surface area contributed by atoms with Gasteiger partial charge in [0.25, 0.3) is 5.91 Å². The van der Waals surface area contributed by atoms with Gasteiger partial charge in [0.1, 0.15) is 5.82 Å². The Morgan fingerprint density at radius 3 is 2.47 bits per heavy atom. The fraction of sp³-hybridized carbons (Fsp3) is 0.462. The minimum atomic E-state index is -1.15. The predicted molar refractivity (Wildman–Crippen MR) is 121 cm³/mol. The van der Waals surface area contributed by atoms with E-state index in [9.17, 15) is 14.0 Å². The fourth-order valence-corrected chi connectivity index (χ4v) is 4.16. The SMILES string of the molecule is CC(C)(C)C(=O)N1CCO[C@](Cc2cccc(-c3cccc(F)c3)c2)(C(=O)NC2CC2)C1. The number of ether oxygens (including phenoxy) is 1. The Hall–Kier alpha value is -2.73. The second kappa shape index (κ2) is 8.66. The standard InChI is InChI=1S/C26H31FN2O3/c1-25(2,3)24(31)29-12-13-32-26(17-29,23(30)28-22-10-11-22)16-18-6-4-7-19(14-18)20-8-5-9-21(27)15-20/h4-9,14-15,22H,10-13,16-17H2,1-3H3,(H,28,30)/t26-/m0/s1. The summed E-state index contributed by atoms with van der Waals surface area (Å²) in [5.41, 5.74) is 0.869. The molecule has 2 aliphatic rings. The number of rotatable bonds is 5. The maximum Gasteiger partial charge on any atom is 0.254 e. The van der Waals surface area contributed by atoms with Gasteiger partial charge >= 0.3 is 0 Å². The highest BCUT2D eigenvalue weighted by molar-refractivity contribution is 5.88. The van der Waals surface area contributed by atoms with Crippen molar-refractivity contribution in [2.24, 2.45) is 5.41 Å². The van der Waals surface area contributed by atoms with Gasteiger partial charge in [-0.25, -0.2) is 4.39 Å². The maximum atomic E-state index is 13.7. The number of carbonyl (C=O) groups is 2. The van der Waals surface area contributed by atoms with Gasteiger partial charge in [-0.15, -0.1) is 0 Å². The lowest BCUT2D eigenvalue weighted by atomic mass is 9.88. The zero-order chi connectivity index (χ0) is 22.9. The molecule has 2 aromatic rings.